The van der Waals surface area contributed by atoms with Crippen LogP contribution in [0.15, 0.2) is 108 Å². The van der Waals surface area contributed by atoms with E-state index in [4.69, 9.17) is 18.9 Å². The molecule has 0 atom stereocenters. The standard InChI is InChI=1S/C33H23Br2FN4O5/c1-2-43-28-13-19(12-25(35)31(28)44-18-30(41)38-23-7-5-6-22(36)16-23)17-37-40-32(39-26-9-4-3-8-24(26)33(40)42)29-15-20-14-21(34)10-11-27(20)45-29/h3-17H,2,18H2,1H3,(H,38,41). The summed E-state index contributed by atoms with van der Waals surface area (Å²) in [5, 5.41) is 8.35. The molecule has 45 heavy (non-hydrogen) atoms. The number of ether oxygens (including phenoxy) is 2. The second-order valence-corrected chi connectivity index (χ2v) is 11.5. The molecule has 0 aliphatic carbocycles. The number of benzene rings is 4. The van der Waals surface area contributed by atoms with Gasteiger partial charge in [-0.1, -0.05) is 34.1 Å². The van der Waals surface area contributed by atoms with Crippen LogP contribution >= 0.6 is 31.9 Å². The van der Waals surface area contributed by atoms with E-state index in [-0.39, 0.29) is 18.0 Å². The summed E-state index contributed by atoms with van der Waals surface area (Å²) in [5.74, 6) is 0.303. The number of para-hydroxylation sites is 1. The molecule has 1 amide bonds. The van der Waals surface area contributed by atoms with Crippen LogP contribution in [0.5, 0.6) is 11.5 Å². The number of carbonyl (C=O) groups excluding carboxylic acids is 1. The Kier molecular flexibility index (Phi) is 8.76. The lowest BCUT2D eigenvalue weighted by Gasteiger charge is -2.14. The van der Waals surface area contributed by atoms with Gasteiger partial charge in [0.2, 0.25) is 5.82 Å². The zero-order valence-electron chi connectivity index (χ0n) is 23.6. The molecule has 9 nitrogen and oxygen atoms in total. The van der Waals surface area contributed by atoms with Crippen LogP contribution in [0.4, 0.5) is 10.1 Å². The van der Waals surface area contributed by atoms with Gasteiger partial charge in [-0.25, -0.2) is 9.37 Å². The van der Waals surface area contributed by atoms with Gasteiger partial charge < -0.3 is 19.2 Å². The van der Waals surface area contributed by atoms with Crippen LogP contribution in [-0.4, -0.2) is 35.0 Å². The molecule has 12 heteroatoms. The van der Waals surface area contributed by atoms with Crippen LogP contribution in [-0.2, 0) is 4.79 Å². The minimum Gasteiger partial charge on any atom is -0.490 e. The summed E-state index contributed by atoms with van der Waals surface area (Å²) < 4.78 is 33.7. The summed E-state index contributed by atoms with van der Waals surface area (Å²) in [6.45, 7) is 1.78. The first-order valence-electron chi connectivity index (χ1n) is 13.7. The molecule has 0 aliphatic rings. The summed E-state index contributed by atoms with van der Waals surface area (Å²) in [5.41, 5.74) is 1.65. The highest BCUT2D eigenvalue weighted by Gasteiger charge is 2.18. The van der Waals surface area contributed by atoms with Crippen molar-refractivity contribution in [3.63, 3.8) is 0 Å². The fraction of sp³-hybridized carbons (Fsp3) is 0.0909. The van der Waals surface area contributed by atoms with Crippen LogP contribution in [0.2, 0.25) is 0 Å². The molecule has 1 N–H and O–H groups in total. The van der Waals surface area contributed by atoms with Crippen LogP contribution < -0.4 is 20.3 Å². The number of amides is 1. The molecule has 2 heterocycles. The molecule has 0 saturated carbocycles. The van der Waals surface area contributed by atoms with Crippen molar-refractivity contribution in [2.24, 2.45) is 5.10 Å². The Balaban J connectivity index is 1.33. The Bertz CT molecular complexity index is 2160. The maximum atomic E-state index is 13.6. The Labute approximate surface area is 272 Å². The minimum atomic E-state index is -0.478. The SMILES string of the molecule is CCOc1cc(C=Nn2c(-c3cc4cc(Br)ccc4o3)nc3ccccc3c2=O)cc(Br)c1OCC(=O)Nc1cccc(F)c1. The van der Waals surface area contributed by atoms with Gasteiger partial charge in [-0.2, -0.15) is 9.78 Å². The molecular weight excluding hydrogens is 711 g/mol. The molecule has 0 aliphatic heterocycles. The zero-order chi connectivity index (χ0) is 31.5. The van der Waals surface area contributed by atoms with Gasteiger partial charge in [0.05, 0.1) is 28.2 Å². The molecule has 0 fully saturated rings. The average Bonchev–Trinajstić information content (AvgIpc) is 3.43. The van der Waals surface area contributed by atoms with Crippen molar-refractivity contribution < 1.29 is 23.1 Å². The van der Waals surface area contributed by atoms with Gasteiger partial charge in [-0.15, -0.1) is 0 Å². The van der Waals surface area contributed by atoms with Crippen LogP contribution in [0.3, 0.4) is 0 Å². The monoisotopic (exact) mass is 732 g/mol. The number of anilines is 1. The van der Waals surface area contributed by atoms with Crippen LogP contribution in [0.1, 0.15) is 12.5 Å². The predicted octanol–water partition coefficient (Wildman–Crippen LogP) is 7.77. The summed E-state index contributed by atoms with van der Waals surface area (Å²) >= 11 is 6.97. The number of carbonyl (C=O) groups is 1. The quantitative estimate of drug-likeness (QED) is 0.152. The molecule has 2 aromatic heterocycles. The fourth-order valence-corrected chi connectivity index (χ4v) is 5.56. The molecule has 0 saturated heterocycles. The smallest absolute Gasteiger partial charge is 0.282 e. The second kappa shape index (κ2) is 13.0. The van der Waals surface area contributed by atoms with E-state index in [9.17, 15) is 14.0 Å². The Hall–Kier alpha value is -4.81. The molecule has 0 bridgehead atoms. The third-order valence-electron chi connectivity index (χ3n) is 6.56. The highest BCUT2D eigenvalue weighted by atomic mass is 79.9. The number of aromatic nitrogens is 2. The van der Waals surface area contributed by atoms with Crippen molar-refractivity contribution >= 4 is 71.5 Å². The van der Waals surface area contributed by atoms with Gasteiger partial charge >= 0.3 is 0 Å². The first kappa shape index (κ1) is 30.2. The van der Waals surface area contributed by atoms with Gasteiger partial charge in [-0.3, -0.25) is 9.59 Å². The number of hydrogen-bond donors (Lipinski definition) is 1. The Morgan fingerprint density at radius 1 is 1.04 bits per heavy atom. The van der Waals surface area contributed by atoms with Gasteiger partial charge in [0.15, 0.2) is 23.9 Å². The van der Waals surface area contributed by atoms with Crippen molar-refractivity contribution in [3.05, 3.63) is 116 Å². The van der Waals surface area contributed by atoms with Gasteiger partial charge in [0, 0.05) is 15.5 Å². The molecular formula is C33H23Br2FN4O5. The van der Waals surface area contributed by atoms with Crippen LogP contribution in [0, 0.1) is 5.82 Å². The van der Waals surface area contributed by atoms with E-state index in [1.54, 1.807) is 36.4 Å². The van der Waals surface area contributed by atoms with E-state index < -0.39 is 11.7 Å². The van der Waals surface area contributed by atoms with Crippen molar-refractivity contribution in [1.82, 2.24) is 9.66 Å². The number of rotatable bonds is 9. The second-order valence-electron chi connectivity index (χ2n) is 9.72. The van der Waals surface area contributed by atoms with E-state index in [1.165, 1.54) is 29.1 Å². The van der Waals surface area contributed by atoms with Crippen molar-refractivity contribution in [2.75, 3.05) is 18.5 Å². The average molecular weight is 734 g/mol. The lowest BCUT2D eigenvalue weighted by molar-refractivity contribution is -0.118. The minimum absolute atomic E-state index is 0.232. The van der Waals surface area contributed by atoms with Crippen molar-refractivity contribution in [1.29, 1.82) is 0 Å². The number of nitrogens with one attached hydrogen (secondary N) is 1. The third kappa shape index (κ3) is 6.66. The predicted molar refractivity (Wildman–Crippen MR) is 178 cm³/mol. The molecule has 0 radical (unpaired) electrons. The number of fused-ring (bicyclic) bond motifs is 2. The van der Waals surface area contributed by atoms with E-state index in [0.29, 0.717) is 56.1 Å². The Morgan fingerprint density at radius 3 is 2.71 bits per heavy atom. The van der Waals surface area contributed by atoms with Gasteiger partial charge in [0.1, 0.15) is 11.4 Å². The molecule has 0 unspecified atom stereocenters. The topological polar surface area (TPSA) is 108 Å². The molecule has 226 valence electrons. The fourth-order valence-electron chi connectivity index (χ4n) is 4.61. The van der Waals surface area contributed by atoms with E-state index in [1.807, 2.05) is 37.3 Å². The maximum absolute atomic E-state index is 13.6. The zero-order valence-corrected chi connectivity index (χ0v) is 26.8. The molecule has 6 aromatic rings. The first-order valence-corrected chi connectivity index (χ1v) is 15.3. The summed E-state index contributed by atoms with van der Waals surface area (Å²) in [4.78, 5) is 30.8. The molecule has 4 aromatic carbocycles. The summed E-state index contributed by atoms with van der Waals surface area (Å²) in [6, 6.07) is 23.4. The van der Waals surface area contributed by atoms with Crippen molar-refractivity contribution in [3.8, 4) is 23.1 Å². The van der Waals surface area contributed by atoms with E-state index >= 15 is 0 Å². The first-order chi connectivity index (χ1) is 21.8. The van der Waals surface area contributed by atoms with Crippen molar-refractivity contribution in [2.45, 2.75) is 6.92 Å². The lowest BCUT2D eigenvalue weighted by Crippen LogP contribution is -2.20. The summed E-state index contributed by atoms with van der Waals surface area (Å²) in [7, 11) is 0. The van der Waals surface area contributed by atoms with E-state index in [0.717, 1.165) is 9.86 Å². The number of hydrogen-bond acceptors (Lipinski definition) is 7. The normalized spacial score (nSPS) is 11.4. The third-order valence-corrected chi connectivity index (χ3v) is 7.64. The number of furan rings is 1. The largest absolute Gasteiger partial charge is 0.490 e. The summed E-state index contributed by atoms with van der Waals surface area (Å²) in [6.07, 6.45) is 1.49. The number of nitrogens with zero attached hydrogens (tertiary/aromatic N) is 3. The highest BCUT2D eigenvalue weighted by Crippen LogP contribution is 2.37. The number of halogens is 3. The lowest BCUT2D eigenvalue weighted by atomic mass is 10.2. The molecule has 0 spiro atoms. The molecule has 6 rings (SSSR count). The van der Waals surface area contributed by atoms with Crippen LogP contribution in [0.25, 0.3) is 33.5 Å². The van der Waals surface area contributed by atoms with Gasteiger partial charge in [-0.05, 0) is 95.1 Å². The highest BCUT2D eigenvalue weighted by molar-refractivity contribution is 9.10. The Morgan fingerprint density at radius 2 is 1.89 bits per heavy atom. The van der Waals surface area contributed by atoms with Gasteiger partial charge in [0.25, 0.3) is 11.5 Å². The van der Waals surface area contributed by atoms with E-state index in [2.05, 4.69) is 42.3 Å². The maximum Gasteiger partial charge on any atom is 0.282 e.